The highest BCUT2D eigenvalue weighted by Crippen LogP contribution is 2.33. The number of ether oxygens (including phenoxy) is 2. The second-order valence-corrected chi connectivity index (χ2v) is 7.56. The van der Waals surface area contributed by atoms with Gasteiger partial charge in [-0.3, -0.25) is 14.5 Å². The van der Waals surface area contributed by atoms with Crippen LogP contribution in [0.4, 0.5) is 5.69 Å². The fraction of sp³-hybridized carbons (Fsp3) is 0.120. The van der Waals surface area contributed by atoms with Gasteiger partial charge in [0.1, 0.15) is 17.2 Å². The molecule has 2 amide bonds. The highest BCUT2D eigenvalue weighted by atomic mass is 35.5. The molecule has 1 heterocycles. The molecule has 32 heavy (non-hydrogen) atoms. The van der Waals surface area contributed by atoms with Crippen LogP contribution in [-0.2, 0) is 16.1 Å². The summed E-state index contributed by atoms with van der Waals surface area (Å²) in [6.07, 6.45) is 0. The predicted octanol–water partition coefficient (Wildman–Crippen LogP) is 4.75. The molecule has 4 rings (SSSR count). The number of carbonyl (C=O) groups is 2. The van der Waals surface area contributed by atoms with Crippen LogP contribution in [0.3, 0.4) is 0 Å². The minimum atomic E-state index is -0.423. The Labute approximate surface area is 191 Å². The molecule has 6 nitrogen and oxygen atoms in total. The van der Waals surface area contributed by atoms with Crippen LogP contribution in [0.15, 0.2) is 78.5 Å². The third kappa shape index (κ3) is 4.18. The molecule has 0 spiro atoms. The maximum Gasteiger partial charge on any atom is 0.278 e. The molecule has 0 aliphatic carbocycles. The molecule has 0 atom stereocenters. The minimum absolute atomic E-state index is 0.0854. The van der Waals surface area contributed by atoms with Gasteiger partial charge in [0.2, 0.25) is 0 Å². The maximum absolute atomic E-state index is 13.4. The average Bonchev–Trinajstić information content (AvgIpc) is 3.04. The predicted molar refractivity (Wildman–Crippen MR) is 124 cm³/mol. The van der Waals surface area contributed by atoms with Crippen molar-refractivity contribution in [3.8, 4) is 11.5 Å². The number of nitrogens with zero attached hydrogens (tertiary/aromatic N) is 1. The topological polar surface area (TPSA) is 67.9 Å². The van der Waals surface area contributed by atoms with Crippen LogP contribution in [0.25, 0.3) is 5.57 Å². The molecule has 1 aliphatic rings. The van der Waals surface area contributed by atoms with Gasteiger partial charge in [-0.1, -0.05) is 48.0 Å². The van der Waals surface area contributed by atoms with Crippen molar-refractivity contribution in [2.24, 2.45) is 0 Å². The number of hydrogen-bond donors (Lipinski definition) is 1. The van der Waals surface area contributed by atoms with E-state index >= 15 is 0 Å². The molecule has 0 saturated carbocycles. The van der Waals surface area contributed by atoms with Gasteiger partial charge in [-0.2, -0.15) is 0 Å². The van der Waals surface area contributed by atoms with Crippen molar-refractivity contribution in [2.75, 3.05) is 19.5 Å². The molecule has 0 bridgehead atoms. The number of methoxy groups -OCH3 is 2. The van der Waals surface area contributed by atoms with E-state index in [9.17, 15) is 9.59 Å². The lowest BCUT2D eigenvalue weighted by atomic mass is 10.0. The van der Waals surface area contributed by atoms with E-state index in [4.69, 9.17) is 21.1 Å². The number of para-hydroxylation sites is 1. The highest BCUT2D eigenvalue weighted by Gasteiger charge is 2.39. The smallest absolute Gasteiger partial charge is 0.278 e. The number of hydrogen-bond acceptors (Lipinski definition) is 5. The van der Waals surface area contributed by atoms with Crippen molar-refractivity contribution in [3.63, 3.8) is 0 Å². The van der Waals surface area contributed by atoms with Crippen molar-refractivity contribution >= 4 is 34.7 Å². The molecule has 0 aromatic heterocycles. The first-order chi connectivity index (χ1) is 15.5. The zero-order chi connectivity index (χ0) is 22.7. The zero-order valence-electron chi connectivity index (χ0n) is 17.6. The van der Waals surface area contributed by atoms with Gasteiger partial charge in [-0.15, -0.1) is 0 Å². The molecule has 1 N–H and O–H groups in total. The summed E-state index contributed by atoms with van der Waals surface area (Å²) < 4.78 is 10.7. The number of carbonyl (C=O) groups excluding carboxylic acids is 2. The van der Waals surface area contributed by atoms with E-state index in [0.717, 1.165) is 5.56 Å². The van der Waals surface area contributed by atoms with Gasteiger partial charge < -0.3 is 14.8 Å². The van der Waals surface area contributed by atoms with Crippen LogP contribution >= 0.6 is 11.6 Å². The number of imide groups is 1. The first-order valence-corrected chi connectivity index (χ1v) is 10.3. The summed E-state index contributed by atoms with van der Waals surface area (Å²) in [6, 6.07) is 21.3. The second kappa shape index (κ2) is 9.16. The van der Waals surface area contributed by atoms with E-state index in [1.807, 2.05) is 18.2 Å². The van der Waals surface area contributed by atoms with Crippen molar-refractivity contribution in [1.29, 1.82) is 0 Å². The Balaban J connectivity index is 1.75. The molecule has 162 valence electrons. The van der Waals surface area contributed by atoms with Crippen LogP contribution in [0.5, 0.6) is 11.5 Å². The van der Waals surface area contributed by atoms with Gasteiger partial charge in [0.15, 0.2) is 0 Å². The number of amides is 2. The fourth-order valence-corrected chi connectivity index (χ4v) is 3.70. The second-order valence-electron chi connectivity index (χ2n) is 7.12. The molecule has 7 heteroatoms. The van der Waals surface area contributed by atoms with E-state index < -0.39 is 11.8 Å². The average molecular weight is 449 g/mol. The van der Waals surface area contributed by atoms with Crippen molar-refractivity contribution in [3.05, 3.63) is 94.6 Å². The van der Waals surface area contributed by atoms with E-state index in [1.165, 1.54) is 4.90 Å². The van der Waals surface area contributed by atoms with E-state index in [2.05, 4.69) is 5.32 Å². The first-order valence-electron chi connectivity index (χ1n) is 9.91. The number of rotatable bonds is 7. The molecule has 0 fully saturated rings. The Bertz CT molecular complexity index is 1200. The minimum Gasteiger partial charge on any atom is -0.497 e. The summed E-state index contributed by atoms with van der Waals surface area (Å²) in [5, 5.41) is 3.67. The molecular formula is C25H21ClN2O4. The molecule has 3 aromatic carbocycles. The lowest BCUT2D eigenvalue weighted by Gasteiger charge is -2.17. The Morgan fingerprint density at radius 2 is 1.62 bits per heavy atom. The van der Waals surface area contributed by atoms with Gasteiger partial charge in [0.05, 0.1) is 26.3 Å². The summed E-state index contributed by atoms with van der Waals surface area (Å²) >= 11 is 6.03. The quantitative estimate of drug-likeness (QED) is 0.528. The van der Waals surface area contributed by atoms with Crippen molar-refractivity contribution in [2.45, 2.75) is 6.54 Å². The lowest BCUT2D eigenvalue weighted by Crippen LogP contribution is -2.32. The van der Waals surface area contributed by atoms with Gasteiger partial charge in [-0.05, 0) is 35.9 Å². The number of halogens is 1. The Kier molecular flexibility index (Phi) is 6.14. The van der Waals surface area contributed by atoms with Crippen LogP contribution in [0, 0.1) is 0 Å². The van der Waals surface area contributed by atoms with Gasteiger partial charge in [0, 0.05) is 22.3 Å². The third-order valence-corrected chi connectivity index (χ3v) is 5.41. The standard InChI is InChI=1S/C25H21ClN2O4/c1-31-20-8-5-7-19(14-20)27-23-22(16-10-12-18(26)13-11-16)24(29)28(25(23)30)15-17-6-3-4-9-21(17)32-2/h3-14,27H,15H2,1-2H3. The molecule has 0 radical (unpaired) electrons. The summed E-state index contributed by atoms with van der Waals surface area (Å²) in [7, 11) is 3.12. The molecule has 0 saturated heterocycles. The Morgan fingerprint density at radius 1 is 0.875 bits per heavy atom. The van der Waals surface area contributed by atoms with Gasteiger partial charge >= 0.3 is 0 Å². The van der Waals surface area contributed by atoms with Gasteiger partial charge in [0.25, 0.3) is 11.8 Å². The lowest BCUT2D eigenvalue weighted by molar-refractivity contribution is -0.137. The van der Waals surface area contributed by atoms with E-state index in [1.54, 1.807) is 68.8 Å². The Morgan fingerprint density at radius 3 is 2.34 bits per heavy atom. The van der Waals surface area contributed by atoms with Crippen LogP contribution in [0.1, 0.15) is 11.1 Å². The third-order valence-electron chi connectivity index (χ3n) is 5.16. The number of nitrogens with one attached hydrogen (secondary N) is 1. The molecule has 0 unspecified atom stereocenters. The molecular weight excluding hydrogens is 428 g/mol. The number of benzene rings is 3. The summed E-state index contributed by atoms with van der Waals surface area (Å²) in [5.74, 6) is 0.420. The van der Waals surface area contributed by atoms with Crippen molar-refractivity contribution in [1.82, 2.24) is 4.90 Å². The number of anilines is 1. The van der Waals surface area contributed by atoms with E-state index in [-0.39, 0.29) is 17.8 Å². The van der Waals surface area contributed by atoms with Crippen LogP contribution in [0.2, 0.25) is 5.02 Å². The first kappa shape index (κ1) is 21.5. The van der Waals surface area contributed by atoms with Crippen LogP contribution < -0.4 is 14.8 Å². The monoisotopic (exact) mass is 448 g/mol. The summed E-state index contributed by atoms with van der Waals surface area (Å²) in [4.78, 5) is 28.1. The SMILES string of the molecule is COc1cccc(NC2=C(c3ccc(Cl)cc3)C(=O)N(Cc3ccccc3OC)C2=O)c1. The fourth-order valence-electron chi connectivity index (χ4n) is 3.57. The maximum atomic E-state index is 13.4. The summed E-state index contributed by atoms with van der Waals surface area (Å²) in [5.41, 5.74) is 2.44. The summed E-state index contributed by atoms with van der Waals surface area (Å²) in [6.45, 7) is 0.0854. The van der Waals surface area contributed by atoms with Gasteiger partial charge in [-0.25, -0.2) is 0 Å². The molecule has 1 aliphatic heterocycles. The molecule has 3 aromatic rings. The van der Waals surface area contributed by atoms with Crippen LogP contribution in [-0.4, -0.2) is 30.9 Å². The zero-order valence-corrected chi connectivity index (χ0v) is 18.3. The normalized spacial score (nSPS) is 13.5. The van der Waals surface area contributed by atoms with Crippen molar-refractivity contribution < 1.29 is 19.1 Å². The highest BCUT2D eigenvalue weighted by molar-refractivity contribution is 6.36. The van der Waals surface area contributed by atoms with E-state index in [0.29, 0.717) is 27.8 Å². The Hall–Kier alpha value is -3.77. The largest absolute Gasteiger partial charge is 0.497 e.